The van der Waals surface area contributed by atoms with E-state index in [0.29, 0.717) is 11.8 Å². The van der Waals surface area contributed by atoms with E-state index in [2.05, 4.69) is 36.5 Å². The minimum Gasteiger partial charge on any atom is -0.396 e. The lowest BCUT2D eigenvalue weighted by Gasteiger charge is -2.21. The second-order valence-electron chi connectivity index (χ2n) is 4.46. The van der Waals surface area contributed by atoms with Crippen molar-refractivity contribution in [2.24, 2.45) is 5.92 Å². The molecule has 0 aromatic heterocycles. The van der Waals surface area contributed by atoms with E-state index in [1.807, 2.05) is 0 Å². The van der Waals surface area contributed by atoms with Gasteiger partial charge in [-0.25, -0.2) is 0 Å². The maximum Gasteiger partial charge on any atom is 0.0502 e. The van der Waals surface area contributed by atoms with Crippen molar-refractivity contribution in [1.82, 2.24) is 5.32 Å². The van der Waals surface area contributed by atoms with E-state index in [1.54, 1.807) is 0 Å². The van der Waals surface area contributed by atoms with E-state index in [-0.39, 0.29) is 6.61 Å². The number of benzene rings is 1. The summed E-state index contributed by atoms with van der Waals surface area (Å²) in [6, 6.07) is 8.51. The van der Waals surface area contributed by atoms with Crippen LogP contribution in [0.3, 0.4) is 0 Å². The van der Waals surface area contributed by atoms with E-state index >= 15 is 0 Å². The van der Waals surface area contributed by atoms with Crippen molar-refractivity contribution in [2.75, 3.05) is 19.7 Å². The fourth-order valence-corrected chi connectivity index (χ4v) is 2.45. The van der Waals surface area contributed by atoms with Crippen LogP contribution in [0, 0.1) is 12.8 Å². The average Bonchev–Trinajstić information content (AvgIpc) is 2.72. The molecule has 0 aliphatic carbocycles. The van der Waals surface area contributed by atoms with Crippen molar-refractivity contribution in [3.8, 4) is 0 Å². The molecule has 0 amide bonds. The van der Waals surface area contributed by atoms with Gasteiger partial charge in [0, 0.05) is 5.92 Å². The van der Waals surface area contributed by atoms with Gasteiger partial charge in [-0.1, -0.05) is 29.8 Å². The summed E-state index contributed by atoms with van der Waals surface area (Å²) in [7, 11) is 0. The third-order valence-electron chi connectivity index (χ3n) is 3.33. The second-order valence-corrected chi connectivity index (χ2v) is 4.46. The molecule has 2 heteroatoms. The highest BCUT2D eigenvalue weighted by molar-refractivity contribution is 5.26. The van der Waals surface area contributed by atoms with E-state index in [4.69, 9.17) is 0 Å². The maximum atomic E-state index is 9.50. The van der Waals surface area contributed by atoms with Crippen molar-refractivity contribution in [2.45, 2.75) is 19.3 Å². The molecular weight excluding hydrogens is 186 g/mol. The average molecular weight is 205 g/mol. The molecule has 1 aromatic rings. The number of hydrogen-bond donors (Lipinski definition) is 2. The van der Waals surface area contributed by atoms with Crippen LogP contribution >= 0.6 is 0 Å². The van der Waals surface area contributed by atoms with Crippen molar-refractivity contribution < 1.29 is 5.11 Å². The molecule has 0 bridgehead atoms. The van der Waals surface area contributed by atoms with E-state index in [0.717, 1.165) is 13.1 Å². The first-order chi connectivity index (χ1) is 7.31. The zero-order valence-electron chi connectivity index (χ0n) is 9.24. The number of aryl methyl sites for hydroxylation is 1. The van der Waals surface area contributed by atoms with Crippen LogP contribution < -0.4 is 5.32 Å². The molecule has 1 heterocycles. The minimum absolute atomic E-state index is 0.260. The van der Waals surface area contributed by atoms with Gasteiger partial charge in [0.05, 0.1) is 6.61 Å². The molecule has 82 valence electrons. The van der Waals surface area contributed by atoms with Gasteiger partial charge in [-0.2, -0.15) is 0 Å². The summed E-state index contributed by atoms with van der Waals surface area (Å²) in [4.78, 5) is 0. The highest BCUT2D eigenvalue weighted by Gasteiger charge is 2.25. The molecule has 1 saturated heterocycles. The summed E-state index contributed by atoms with van der Waals surface area (Å²) < 4.78 is 0. The van der Waals surface area contributed by atoms with E-state index < -0.39 is 0 Å². The van der Waals surface area contributed by atoms with Gasteiger partial charge in [0.2, 0.25) is 0 Å². The first-order valence-corrected chi connectivity index (χ1v) is 5.69. The molecule has 1 aliphatic heterocycles. The molecule has 0 saturated carbocycles. The molecule has 0 radical (unpaired) electrons. The monoisotopic (exact) mass is 205 g/mol. The van der Waals surface area contributed by atoms with Crippen LogP contribution in [0.25, 0.3) is 0 Å². The Kier molecular flexibility index (Phi) is 3.39. The molecule has 2 rings (SSSR count). The molecule has 1 aliphatic rings. The van der Waals surface area contributed by atoms with Gasteiger partial charge < -0.3 is 10.4 Å². The summed E-state index contributed by atoms with van der Waals surface area (Å²) in [5.74, 6) is 0.900. The number of hydrogen-bond acceptors (Lipinski definition) is 2. The zero-order chi connectivity index (χ0) is 10.7. The first kappa shape index (κ1) is 10.7. The fourth-order valence-electron chi connectivity index (χ4n) is 2.45. The third kappa shape index (κ3) is 2.39. The molecule has 0 spiro atoms. The number of rotatable bonds is 3. The van der Waals surface area contributed by atoms with Crippen LogP contribution in [0.5, 0.6) is 0 Å². The summed E-state index contributed by atoms with van der Waals surface area (Å²) in [6.45, 7) is 4.49. The van der Waals surface area contributed by atoms with Gasteiger partial charge >= 0.3 is 0 Å². The Morgan fingerprint density at radius 2 is 2.40 bits per heavy atom. The normalized spacial score (nSPS) is 22.9. The Labute approximate surface area is 91.3 Å². The summed E-state index contributed by atoms with van der Waals surface area (Å²) in [5.41, 5.74) is 2.56. The Balaban J connectivity index is 2.18. The number of aliphatic hydroxyl groups excluding tert-OH is 1. The smallest absolute Gasteiger partial charge is 0.0502 e. The van der Waals surface area contributed by atoms with Gasteiger partial charge in [0.1, 0.15) is 0 Å². The number of aliphatic hydroxyl groups is 1. The Hall–Kier alpha value is -0.860. The lowest BCUT2D eigenvalue weighted by atomic mass is 9.85. The quantitative estimate of drug-likeness (QED) is 0.787. The molecule has 2 atom stereocenters. The molecule has 2 unspecified atom stereocenters. The van der Waals surface area contributed by atoms with Gasteiger partial charge in [0.15, 0.2) is 0 Å². The van der Waals surface area contributed by atoms with Crippen LogP contribution in [-0.4, -0.2) is 24.8 Å². The Bertz CT molecular complexity index is 318. The van der Waals surface area contributed by atoms with Crippen LogP contribution in [0.4, 0.5) is 0 Å². The Morgan fingerprint density at radius 1 is 1.53 bits per heavy atom. The molecular formula is C13H19NO. The highest BCUT2D eigenvalue weighted by Crippen LogP contribution is 2.28. The first-order valence-electron chi connectivity index (χ1n) is 5.69. The van der Waals surface area contributed by atoms with E-state index in [1.165, 1.54) is 17.5 Å². The van der Waals surface area contributed by atoms with Crippen molar-refractivity contribution >= 4 is 0 Å². The van der Waals surface area contributed by atoms with Crippen LogP contribution in [0.1, 0.15) is 23.5 Å². The van der Waals surface area contributed by atoms with Crippen molar-refractivity contribution in [3.05, 3.63) is 35.4 Å². The SMILES string of the molecule is Cc1cccc(C(CO)C2CCNC2)c1. The Morgan fingerprint density at radius 3 is 3.00 bits per heavy atom. The summed E-state index contributed by atoms with van der Waals surface area (Å²) in [6.07, 6.45) is 1.18. The van der Waals surface area contributed by atoms with Gasteiger partial charge in [-0.15, -0.1) is 0 Å². The lowest BCUT2D eigenvalue weighted by molar-refractivity contribution is 0.231. The lowest BCUT2D eigenvalue weighted by Crippen LogP contribution is -2.19. The predicted octanol–water partition coefficient (Wildman–Crippen LogP) is 1.68. The van der Waals surface area contributed by atoms with Gasteiger partial charge in [-0.05, 0) is 37.9 Å². The fraction of sp³-hybridized carbons (Fsp3) is 0.538. The second kappa shape index (κ2) is 4.77. The van der Waals surface area contributed by atoms with Gasteiger partial charge in [0.25, 0.3) is 0 Å². The van der Waals surface area contributed by atoms with E-state index in [9.17, 15) is 5.11 Å². The molecule has 15 heavy (non-hydrogen) atoms. The molecule has 1 aromatic carbocycles. The maximum absolute atomic E-state index is 9.50. The minimum atomic E-state index is 0.260. The van der Waals surface area contributed by atoms with Crippen LogP contribution in [-0.2, 0) is 0 Å². The number of nitrogens with one attached hydrogen (secondary N) is 1. The predicted molar refractivity (Wildman–Crippen MR) is 62.0 cm³/mol. The van der Waals surface area contributed by atoms with Crippen LogP contribution in [0.15, 0.2) is 24.3 Å². The summed E-state index contributed by atoms with van der Waals surface area (Å²) in [5, 5.41) is 12.9. The standard InChI is InChI=1S/C13H19NO/c1-10-3-2-4-11(7-10)13(9-15)12-5-6-14-8-12/h2-4,7,12-15H,5-6,8-9H2,1H3. The van der Waals surface area contributed by atoms with Crippen molar-refractivity contribution in [3.63, 3.8) is 0 Å². The highest BCUT2D eigenvalue weighted by atomic mass is 16.3. The van der Waals surface area contributed by atoms with Crippen molar-refractivity contribution in [1.29, 1.82) is 0 Å². The largest absolute Gasteiger partial charge is 0.396 e. The zero-order valence-corrected chi connectivity index (χ0v) is 9.24. The molecule has 2 N–H and O–H groups in total. The van der Waals surface area contributed by atoms with Gasteiger partial charge in [-0.3, -0.25) is 0 Å². The third-order valence-corrected chi connectivity index (χ3v) is 3.33. The molecule has 2 nitrogen and oxygen atoms in total. The molecule has 1 fully saturated rings. The van der Waals surface area contributed by atoms with Crippen LogP contribution in [0.2, 0.25) is 0 Å². The topological polar surface area (TPSA) is 32.3 Å². The summed E-state index contributed by atoms with van der Waals surface area (Å²) >= 11 is 0.